The fourth-order valence-electron chi connectivity index (χ4n) is 1.96. The van der Waals surface area contributed by atoms with Gasteiger partial charge in [0.25, 0.3) is 0 Å². The maximum Gasteiger partial charge on any atom is 0.120 e. The molecule has 18 heavy (non-hydrogen) atoms. The summed E-state index contributed by atoms with van der Waals surface area (Å²) >= 11 is 0. The van der Waals surface area contributed by atoms with E-state index in [1.165, 1.54) is 11.1 Å². The van der Waals surface area contributed by atoms with Gasteiger partial charge >= 0.3 is 0 Å². The van der Waals surface area contributed by atoms with Crippen LogP contribution in [0.15, 0.2) is 30.5 Å². The van der Waals surface area contributed by atoms with Gasteiger partial charge in [-0.15, -0.1) is 0 Å². The van der Waals surface area contributed by atoms with Crippen molar-refractivity contribution in [2.75, 3.05) is 5.32 Å². The van der Waals surface area contributed by atoms with Crippen molar-refractivity contribution in [2.45, 2.75) is 20.4 Å². The predicted molar refractivity (Wildman–Crippen MR) is 73.4 cm³/mol. The summed E-state index contributed by atoms with van der Waals surface area (Å²) in [6.07, 6.45) is 1.98. The minimum Gasteiger partial charge on any atom is -0.381 e. The second-order valence-corrected chi connectivity index (χ2v) is 4.63. The van der Waals surface area contributed by atoms with Gasteiger partial charge in [-0.2, -0.15) is 5.26 Å². The van der Waals surface area contributed by atoms with E-state index >= 15 is 0 Å². The van der Waals surface area contributed by atoms with Crippen LogP contribution >= 0.6 is 0 Å². The lowest BCUT2D eigenvalue weighted by Crippen LogP contribution is -2.00. The Morgan fingerprint density at radius 1 is 1.28 bits per heavy atom. The van der Waals surface area contributed by atoms with Crippen LogP contribution in [0, 0.1) is 25.2 Å². The summed E-state index contributed by atoms with van der Waals surface area (Å²) < 4.78 is 1.85. The van der Waals surface area contributed by atoms with Gasteiger partial charge in [-0.1, -0.05) is 12.1 Å². The van der Waals surface area contributed by atoms with Crippen molar-refractivity contribution in [2.24, 2.45) is 7.05 Å². The van der Waals surface area contributed by atoms with Crippen LogP contribution in [0.3, 0.4) is 0 Å². The number of hydrogen-bond donors (Lipinski definition) is 1. The van der Waals surface area contributed by atoms with Crippen LogP contribution in [0.4, 0.5) is 5.69 Å². The Kier molecular flexibility index (Phi) is 3.38. The molecule has 1 N–H and O–H groups in total. The smallest absolute Gasteiger partial charge is 0.120 e. The van der Waals surface area contributed by atoms with E-state index in [9.17, 15) is 0 Å². The number of aromatic nitrogens is 1. The van der Waals surface area contributed by atoms with Crippen molar-refractivity contribution < 1.29 is 0 Å². The van der Waals surface area contributed by atoms with E-state index < -0.39 is 0 Å². The van der Waals surface area contributed by atoms with Gasteiger partial charge in [-0.25, -0.2) is 0 Å². The minimum absolute atomic E-state index is 0.688. The van der Waals surface area contributed by atoms with Gasteiger partial charge in [0, 0.05) is 25.5 Å². The lowest BCUT2D eigenvalue weighted by Gasteiger charge is -2.09. The molecule has 2 rings (SSSR count). The Balaban J connectivity index is 2.11. The van der Waals surface area contributed by atoms with E-state index in [4.69, 9.17) is 5.26 Å². The number of nitriles is 1. The third kappa shape index (κ3) is 2.54. The Hall–Kier alpha value is -2.21. The molecule has 0 saturated heterocycles. The van der Waals surface area contributed by atoms with Crippen molar-refractivity contribution in [3.8, 4) is 6.07 Å². The normalized spacial score (nSPS) is 10.1. The summed E-state index contributed by atoms with van der Waals surface area (Å²) in [5, 5.41) is 12.3. The zero-order valence-corrected chi connectivity index (χ0v) is 11.0. The van der Waals surface area contributed by atoms with Gasteiger partial charge in [0.2, 0.25) is 0 Å². The molecule has 0 atom stereocenters. The fraction of sp³-hybridized carbons (Fsp3) is 0.267. The summed E-state index contributed by atoms with van der Waals surface area (Å²) in [5.41, 5.74) is 5.44. The first-order valence-corrected chi connectivity index (χ1v) is 5.96. The van der Waals surface area contributed by atoms with Crippen LogP contribution in [0.2, 0.25) is 0 Å². The molecule has 2 aromatic rings. The molecule has 0 saturated carbocycles. The Labute approximate surface area is 108 Å². The van der Waals surface area contributed by atoms with E-state index in [1.54, 1.807) is 0 Å². The van der Waals surface area contributed by atoms with Gasteiger partial charge in [-0.3, -0.25) is 0 Å². The van der Waals surface area contributed by atoms with Crippen molar-refractivity contribution >= 4 is 5.69 Å². The van der Waals surface area contributed by atoms with E-state index in [0.717, 1.165) is 17.8 Å². The minimum atomic E-state index is 0.688. The monoisotopic (exact) mass is 239 g/mol. The first-order valence-electron chi connectivity index (χ1n) is 5.96. The number of aryl methyl sites for hydroxylation is 3. The van der Waals surface area contributed by atoms with Crippen molar-refractivity contribution in [1.82, 2.24) is 4.57 Å². The molecule has 0 unspecified atom stereocenters. The molecular weight excluding hydrogens is 222 g/mol. The van der Waals surface area contributed by atoms with Crippen LogP contribution < -0.4 is 5.32 Å². The summed E-state index contributed by atoms with van der Waals surface area (Å²) in [6, 6.07) is 10.4. The number of benzene rings is 1. The highest BCUT2D eigenvalue weighted by atomic mass is 14.9. The van der Waals surface area contributed by atoms with Crippen LogP contribution in [-0.4, -0.2) is 4.57 Å². The van der Waals surface area contributed by atoms with Crippen LogP contribution in [0.25, 0.3) is 0 Å². The molecule has 0 bridgehead atoms. The molecule has 0 fully saturated rings. The number of nitrogens with one attached hydrogen (secondary N) is 1. The molecular formula is C15H17N3. The lowest BCUT2D eigenvalue weighted by molar-refractivity contribution is 0.902. The molecule has 1 heterocycles. The Morgan fingerprint density at radius 2 is 2.06 bits per heavy atom. The Bertz CT molecular complexity index is 603. The number of rotatable bonds is 3. The maximum atomic E-state index is 8.91. The van der Waals surface area contributed by atoms with Crippen LogP contribution in [0.5, 0.6) is 0 Å². The molecule has 0 radical (unpaired) electrons. The second-order valence-electron chi connectivity index (χ2n) is 4.63. The average molecular weight is 239 g/mol. The first kappa shape index (κ1) is 12.3. The largest absolute Gasteiger partial charge is 0.381 e. The Morgan fingerprint density at radius 3 is 2.72 bits per heavy atom. The number of hydrogen-bond acceptors (Lipinski definition) is 2. The summed E-state index contributed by atoms with van der Waals surface area (Å²) in [6.45, 7) is 4.91. The van der Waals surface area contributed by atoms with Crippen LogP contribution in [0.1, 0.15) is 22.4 Å². The maximum absolute atomic E-state index is 8.91. The number of nitrogens with zero attached hydrogens (tertiary/aromatic N) is 2. The highest BCUT2D eigenvalue weighted by Gasteiger charge is 2.03. The highest BCUT2D eigenvalue weighted by molar-refractivity contribution is 5.52. The molecule has 3 nitrogen and oxygen atoms in total. The highest BCUT2D eigenvalue weighted by Crippen LogP contribution is 2.17. The van der Waals surface area contributed by atoms with E-state index in [1.807, 2.05) is 23.9 Å². The van der Waals surface area contributed by atoms with Gasteiger partial charge in [0.15, 0.2) is 0 Å². The van der Waals surface area contributed by atoms with Gasteiger partial charge < -0.3 is 9.88 Å². The zero-order chi connectivity index (χ0) is 13.1. The summed E-state index contributed by atoms with van der Waals surface area (Å²) in [4.78, 5) is 0. The topological polar surface area (TPSA) is 40.8 Å². The quantitative estimate of drug-likeness (QED) is 0.894. The van der Waals surface area contributed by atoms with Crippen LogP contribution in [-0.2, 0) is 13.6 Å². The second kappa shape index (κ2) is 4.97. The van der Waals surface area contributed by atoms with Crippen molar-refractivity contribution in [3.05, 3.63) is 52.8 Å². The first-order chi connectivity index (χ1) is 8.60. The lowest BCUT2D eigenvalue weighted by atomic mass is 10.1. The molecule has 0 amide bonds. The molecule has 0 aliphatic heterocycles. The predicted octanol–water partition coefficient (Wildman–Crippen LogP) is 3.13. The molecule has 0 spiro atoms. The molecule has 0 aliphatic carbocycles. The van der Waals surface area contributed by atoms with E-state index in [0.29, 0.717) is 5.69 Å². The van der Waals surface area contributed by atoms with E-state index in [-0.39, 0.29) is 0 Å². The SMILES string of the molecule is Cc1ccc(C)c(NCc2cc(C#N)n(C)c2)c1. The molecule has 0 aliphatic rings. The standard InChI is InChI=1S/C15H17N3/c1-11-4-5-12(2)15(6-11)17-9-13-7-14(8-16)18(3)10-13/h4-7,10,17H,9H2,1-3H3. The van der Waals surface area contributed by atoms with E-state index in [2.05, 4.69) is 43.4 Å². The molecule has 3 heteroatoms. The number of anilines is 1. The van der Waals surface area contributed by atoms with Gasteiger partial charge in [0.1, 0.15) is 11.8 Å². The third-order valence-corrected chi connectivity index (χ3v) is 3.05. The fourth-order valence-corrected chi connectivity index (χ4v) is 1.96. The molecule has 1 aromatic carbocycles. The average Bonchev–Trinajstić information content (AvgIpc) is 2.71. The third-order valence-electron chi connectivity index (χ3n) is 3.05. The zero-order valence-electron chi connectivity index (χ0n) is 11.0. The summed E-state index contributed by atoms with van der Waals surface area (Å²) in [7, 11) is 1.89. The van der Waals surface area contributed by atoms with Gasteiger partial charge in [0.05, 0.1) is 0 Å². The summed E-state index contributed by atoms with van der Waals surface area (Å²) in [5.74, 6) is 0. The molecule has 1 aromatic heterocycles. The van der Waals surface area contributed by atoms with Gasteiger partial charge in [-0.05, 0) is 42.7 Å². The van der Waals surface area contributed by atoms with Crippen molar-refractivity contribution in [3.63, 3.8) is 0 Å². The van der Waals surface area contributed by atoms with Crippen molar-refractivity contribution in [1.29, 1.82) is 5.26 Å². The molecule has 92 valence electrons.